The van der Waals surface area contributed by atoms with E-state index < -0.39 is 0 Å². The van der Waals surface area contributed by atoms with Gasteiger partial charge in [-0.3, -0.25) is 0 Å². The molecule has 1 saturated heterocycles. The third kappa shape index (κ3) is 3.17. The number of ether oxygens (including phenoxy) is 1. The molecule has 1 unspecified atom stereocenters. The number of rotatable bonds is 5. The fraction of sp³-hybridized carbons (Fsp3) is 0.667. The Morgan fingerprint density at radius 1 is 1.50 bits per heavy atom. The minimum absolute atomic E-state index is 0.490. The normalized spacial score (nSPS) is 19.9. The van der Waals surface area contributed by atoms with Crippen LogP contribution in [0.2, 0.25) is 0 Å². The largest absolute Gasteiger partial charge is 0.476 e. The van der Waals surface area contributed by atoms with E-state index in [0.717, 1.165) is 25.1 Å². The van der Waals surface area contributed by atoms with Gasteiger partial charge in [-0.05, 0) is 25.8 Å². The summed E-state index contributed by atoms with van der Waals surface area (Å²) in [5.74, 6) is 0.701. The highest BCUT2D eigenvalue weighted by Gasteiger charge is 2.14. The molecule has 88 valence electrons. The number of aryl methyl sites for hydroxylation is 1. The molecule has 1 fully saturated rings. The van der Waals surface area contributed by atoms with Gasteiger partial charge in [-0.25, -0.2) is 9.97 Å². The molecular weight excluding hydrogens is 202 g/mol. The molecule has 4 heteroatoms. The lowest BCUT2D eigenvalue weighted by atomic mass is 10.2. The lowest BCUT2D eigenvalue weighted by Gasteiger charge is -2.11. The molecule has 0 saturated carbocycles. The molecule has 0 aliphatic carbocycles. The van der Waals surface area contributed by atoms with Gasteiger partial charge in [-0.2, -0.15) is 0 Å². The van der Waals surface area contributed by atoms with Gasteiger partial charge in [0.15, 0.2) is 0 Å². The average molecular weight is 221 g/mol. The van der Waals surface area contributed by atoms with Gasteiger partial charge in [0.05, 0.1) is 0 Å². The van der Waals surface area contributed by atoms with Crippen LogP contribution < -0.4 is 10.1 Å². The highest BCUT2D eigenvalue weighted by molar-refractivity contribution is 5.13. The van der Waals surface area contributed by atoms with Crippen LogP contribution in [0.1, 0.15) is 31.9 Å². The first-order valence-corrected chi connectivity index (χ1v) is 6.05. The van der Waals surface area contributed by atoms with Gasteiger partial charge in [0.2, 0.25) is 5.88 Å². The first kappa shape index (κ1) is 11.3. The average Bonchev–Trinajstić information content (AvgIpc) is 2.80. The minimum Gasteiger partial charge on any atom is -0.476 e. The van der Waals surface area contributed by atoms with E-state index in [9.17, 15) is 0 Å². The van der Waals surface area contributed by atoms with Crippen molar-refractivity contribution in [2.24, 2.45) is 0 Å². The third-order valence-electron chi connectivity index (χ3n) is 2.80. The van der Waals surface area contributed by atoms with E-state index in [1.807, 2.05) is 6.07 Å². The molecular formula is C12H19N3O. The SMILES string of the molecule is CCCc1cc(OCC2CCCN2)ncn1. The zero-order chi connectivity index (χ0) is 11.2. The molecule has 4 nitrogen and oxygen atoms in total. The van der Waals surface area contributed by atoms with Gasteiger partial charge in [0.1, 0.15) is 12.9 Å². The predicted octanol–water partition coefficient (Wildman–Crippen LogP) is 1.56. The first-order chi connectivity index (χ1) is 7.88. The summed E-state index contributed by atoms with van der Waals surface area (Å²) in [7, 11) is 0. The third-order valence-corrected chi connectivity index (χ3v) is 2.80. The van der Waals surface area contributed by atoms with E-state index in [4.69, 9.17) is 4.74 Å². The Morgan fingerprint density at radius 2 is 2.44 bits per heavy atom. The lowest BCUT2D eigenvalue weighted by Crippen LogP contribution is -2.28. The number of aromatic nitrogens is 2. The fourth-order valence-electron chi connectivity index (χ4n) is 1.93. The van der Waals surface area contributed by atoms with E-state index in [2.05, 4.69) is 22.2 Å². The standard InChI is InChI=1S/C12H19N3O/c1-2-4-10-7-12(15-9-14-10)16-8-11-5-3-6-13-11/h7,9,11,13H,2-6,8H2,1H3. The van der Waals surface area contributed by atoms with Crippen molar-refractivity contribution in [3.8, 4) is 5.88 Å². The maximum atomic E-state index is 5.66. The molecule has 0 amide bonds. The zero-order valence-corrected chi connectivity index (χ0v) is 9.78. The topological polar surface area (TPSA) is 47.0 Å². The molecule has 0 bridgehead atoms. The molecule has 1 N–H and O–H groups in total. The molecule has 1 aliphatic rings. The molecule has 1 aromatic heterocycles. The molecule has 16 heavy (non-hydrogen) atoms. The van der Waals surface area contributed by atoms with Crippen LogP contribution in [-0.2, 0) is 6.42 Å². The van der Waals surface area contributed by atoms with Crippen LogP contribution in [0.15, 0.2) is 12.4 Å². The van der Waals surface area contributed by atoms with Crippen LogP contribution in [0.25, 0.3) is 0 Å². The van der Waals surface area contributed by atoms with Gasteiger partial charge < -0.3 is 10.1 Å². The Kier molecular flexibility index (Phi) is 4.10. The fourth-order valence-corrected chi connectivity index (χ4v) is 1.93. The van der Waals surface area contributed by atoms with Gasteiger partial charge in [0.25, 0.3) is 0 Å². The van der Waals surface area contributed by atoms with Crippen molar-refractivity contribution < 1.29 is 4.74 Å². The number of nitrogens with one attached hydrogen (secondary N) is 1. The molecule has 1 atom stereocenters. The second kappa shape index (κ2) is 5.80. The number of hydrogen-bond donors (Lipinski definition) is 1. The summed E-state index contributed by atoms with van der Waals surface area (Å²) in [5, 5.41) is 3.40. The maximum absolute atomic E-state index is 5.66. The van der Waals surface area contributed by atoms with Crippen molar-refractivity contribution in [1.29, 1.82) is 0 Å². The summed E-state index contributed by atoms with van der Waals surface area (Å²) in [4.78, 5) is 8.32. The van der Waals surface area contributed by atoms with Crippen molar-refractivity contribution >= 4 is 0 Å². The van der Waals surface area contributed by atoms with Gasteiger partial charge in [0, 0.05) is 17.8 Å². The summed E-state index contributed by atoms with van der Waals surface area (Å²) < 4.78 is 5.66. The molecule has 2 rings (SSSR count). The van der Waals surface area contributed by atoms with E-state index in [0.29, 0.717) is 18.5 Å². The highest BCUT2D eigenvalue weighted by atomic mass is 16.5. The van der Waals surface area contributed by atoms with Crippen LogP contribution in [0.3, 0.4) is 0 Å². The summed E-state index contributed by atoms with van der Waals surface area (Å²) in [6.45, 7) is 3.96. The first-order valence-electron chi connectivity index (χ1n) is 6.05. The van der Waals surface area contributed by atoms with Gasteiger partial charge in [-0.1, -0.05) is 13.3 Å². The monoisotopic (exact) mass is 221 g/mol. The lowest BCUT2D eigenvalue weighted by molar-refractivity contribution is 0.266. The zero-order valence-electron chi connectivity index (χ0n) is 9.78. The summed E-state index contributed by atoms with van der Waals surface area (Å²) >= 11 is 0. The molecule has 0 aromatic carbocycles. The highest BCUT2D eigenvalue weighted by Crippen LogP contribution is 2.11. The van der Waals surface area contributed by atoms with Crippen molar-refractivity contribution in [2.75, 3.05) is 13.2 Å². The Balaban J connectivity index is 1.85. The Bertz CT molecular complexity index is 324. The molecule has 0 spiro atoms. The Hall–Kier alpha value is -1.16. The van der Waals surface area contributed by atoms with Crippen LogP contribution in [0.5, 0.6) is 5.88 Å². The molecule has 0 radical (unpaired) electrons. The number of nitrogens with zero attached hydrogens (tertiary/aromatic N) is 2. The quantitative estimate of drug-likeness (QED) is 0.819. The van der Waals surface area contributed by atoms with E-state index in [1.54, 1.807) is 6.33 Å². The van der Waals surface area contributed by atoms with Crippen LogP contribution >= 0.6 is 0 Å². The van der Waals surface area contributed by atoms with E-state index >= 15 is 0 Å². The van der Waals surface area contributed by atoms with E-state index in [1.165, 1.54) is 12.8 Å². The Morgan fingerprint density at radius 3 is 3.19 bits per heavy atom. The summed E-state index contributed by atoms with van der Waals surface area (Å²) in [6.07, 6.45) is 6.12. The second-order valence-electron chi connectivity index (χ2n) is 4.20. The number of hydrogen-bond acceptors (Lipinski definition) is 4. The van der Waals surface area contributed by atoms with Crippen molar-refractivity contribution in [1.82, 2.24) is 15.3 Å². The van der Waals surface area contributed by atoms with Crippen LogP contribution in [0.4, 0.5) is 0 Å². The van der Waals surface area contributed by atoms with Crippen molar-refractivity contribution in [3.05, 3.63) is 18.1 Å². The molecule has 1 aromatic rings. The molecule has 1 aliphatic heterocycles. The maximum Gasteiger partial charge on any atom is 0.216 e. The van der Waals surface area contributed by atoms with Crippen molar-refractivity contribution in [3.63, 3.8) is 0 Å². The Labute approximate surface area is 96.4 Å². The van der Waals surface area contributed by atoms with Gasteiger partial charge >= 0.3 is 0 Å². The van der Waals surface area contributed by atoms with Crippen LogP contribution in [0, 0.1) is 0 Å². The second-order valence-corrected chi connectivity index (χ2v) is 4.20. The smallest absolute Gasteiger partial charge is 0.216 e. The molecule has 2 heterocycles. The predicted molar refractivity (Wildman–Crippen MR) is 62.5 cm³/mol. The van der Waals surface area contributed by atoms with Gasteiger partial charge in [-0.15, -0.1) is 0 Å². The van der Waals surface area contributed by atoms with E-state index in [-0.39, 0.29) is 0 Å². The summed E-state index contributed by atoms with van der Waals surface area (Å²) in [6, 6.07) is 2.43. The minimum atomic E-state index is 0.490. The summed E-state index contributed by atoms with van der Waals surface area (Å²) in [5.41, 5.74) is 1.06. The van der Waals surface area contributed by atoms with Crippen molar-refractivity contribution in [2.45, 2.75) is 38.6 Å². The van der Waals surface area contributed by atoms with Crippen LogP contribution in [-0.4, -0.2) is 29.2 Å².